The highest BCUT2D eigenvalue weighted by molar-refractivity contribution is 5.96. The Hall–Kier alpha value is -2.56. The molecule has 21 heavy (non-hydrogen) atoms. The lowest BCUT2D eigenvalue weighted by Gasteiger charge is -2.15. The highest BCUT2D eigenvalue weighted by Crippen LogP contribution is 2.22. The summed E-state index contributed by atoms with van der Waals surface area (Å²) < 4.78 is 0. The lowest BCUT2D eigenvalue weighted by Crippen LogP contribution is -2.23. The molecular weight excluding hydrogens is 264 g/mol. The zero-order chi connectivity index (χ0) is 15.4. The summed E-state index contributed by atoms with van der Waals surface area (Å²) in [7, 11) is 3.82. The molecule has 0 unspecified atom stereocenters. The van der Waals surface area contributed by atoms with Gasteiger partial charge in [0.05, 0.1) is 23.6 Å². The van der Waals surface area contributed by atoms with Gasteiger partial charge in [-0.2, -0.15) is 0 Å². The molecule has 1 amide bonds. The fraction of sp³-hybridized carbons (Fsp3) is 0.250. The molecule has 1 aromatic carbocycles. The maximum absolute atomic E-state index is 12.1. The monoisotopic (exact) mass is 284 g/mol. The van der Waals surface area contributed by atoms with E-state index >= 15 is 0 Å². The van der Waals surface area contributed by atoms with Crippen molar-refractivity contribution in [2.24, 2.45) is 0 Å². The number of hydrogen-bond donors (Lipinski definition) is 2. The Morgan fingerprint density at radius 2 is 2.05 bits per heavy atom. The molecule has 0 aliphatic carbocycles. The summed E-state index contributed by atoms with van der Waals surface area (Å²) in [5, 5.41) is 2.85. The van der Waals surface area contributed by atoms with Crippen molar-refractivity contribution in [1.29, 1.82) is 0 Å². The van der Waals surface area contributed by atoms with Crippen molar-refractivity contribution < 1.29 is 4.79 Å². The van der Waals surface area contributed by atoms with Crippen LogP contribution in [-0.4, -0.2) is 25.0 Å². The van der Waals surface area contributed by atoms with E-state index in [2.05, 4.69) is 10.3 Å². The van der Waals surface area contributed by atoms with Crippen LogP contribution < -0.4 is 16.0 Å². The molecule has 0 saturated carbocycles. The van der Waals surface area contributed by atoms with E-state index in [9.17, 15) is 4.79 Å². The Morgan fingerprint density at radius 3 is 2.67 bits per heavy atom. The first-order chi connectivity index (χ1) is 9.97. The van der Waals surface area contributed by atoms with Crippen molar-refractivity contribution in [2.45, 2.75) is 13.5 Å². The van der Waals surface area contributed by atoms with E-state index in [4.69, 9.17) is 5.73 Å². The predicted octanol–water partition coefficient (Wildman–Crippen LogP) is 1.97. The molecular formula is C16H20N4O. The number of nitrogens with one attached hydrogen (secondary N) is 1. The minimum atomic E-state index is -0.157. The van der Waals surface area contributed by atoms with Crippen molar-refractivity contribution in [1.82, 2.24) is 10.3 Å². The van der Waals surface area contributed by atoms with Gasteiger partial charge in [0.2, 0.25) is 0 Å². The first kappa shape index (κ1) is 14.8. The van der Waals surface area contributed by atoms with Crippen LogP contribution in [0.2, 0.25) is 0 Å². The molecule has 0 radical (unpaired) electrons. The van der Waals surface area contributed by atoms with Gasteiger partial charge >= 0.3 is 0 Å². The number of pyridine rings is 1. The molecule has 2 rings (SSSR count). The molecule has 110 valence electrons. The molecule has 1 heterocycles. The van der Waals surface area contributed by atoms with E-state index in [1.807, 2.05) is 50.2 Å². The van der Waals surface area contributed by atoms with Gasteiger partial charge in [-0.15, -0.1) is 0 Å². The van der Waals surface area contributed by atoms with Crippen LogP contribution in [0.3, 0.4) is 0 Å². The third-order valence-electron chi connectivity index (χ3n) is 3.15. The largest absolute Gasteiger partial charge is 0.397 e. The lowest BCUT2D eigenvalue weighted by atomic mass is 10.1. The van der Waals surface area contributed by atoms with Crippen LogP contribution >= 0.6 is 0 Å². The highest BCUT2D eigenvalue weighted by Gasteiger charge is 2.09. The van der Waals surface area contributed by atoms with E-state index in [0.29, 0.717) is 17.8 Å². The van der Waals surface area contributed by atoms with Crippen LogP contribution in [0, 0.1) is 6.92 Å². The molecule has 2 aromatic rings. The molecule has 0 atom stereocenters. The van der Waals surface area contributed by atoms with Crippen molar-refractivity contribution in [3.8, 4) is 0 Å². The minimum Gasteiger partial charge on any atom is -0.397 e. The predicted molar refractivity (Wildman–Crippen MR) is 85.3 cm³/mol. The number of benzene rings is 1. The normalized spacial score (nSPS) is 10.2. The highest BCUT2D eigenvalue weighted by atomic mass is 16.1. The van der Waals surface area contributed by atoms with E-state index in [1.54, 1.807) is 12.1 Å². The maximum atomic E-state index is 12.1. The fourth-order valence-corrected chi connectivity index (χ4v) is 2.07. The van der Waals surface area contributed by atoms with Crippen molar-refractivity contribution in [3.05, 3.63) is 53.3 Å². The van der Waals surface area contributed by atoms with Gasteiger partial charge in [0.1, 0.15) is 0 Å². The second-order valence-corrected chi connectivity index (χ2v) is 5.12. The van der Waals surface area contributed by atoms with Gasteiger partial charge in [-0.25, -0.2) is 0 Å². The first-order valence-electron chi connectivity index (χ1n) is 6.75. The lowest BCUT2D eigenvalue weighted by molar-refractivity contribution is 0.0950. The Morgan fingerprint density at radius 1 is 1.29 bits per heavy atom. The summed E-state index contributed by atoms with van der Waals surface area (Å²) in [5.41, 5.74) is 9.75. The van der Waals surface area contributed by atoms with Crippen LogP contribution in [0.5, 0.6) is 0 Å². The van der Waals surface area contributed by atoms with Crippen LogP contribution in [0.15, 0.2) is 36.4 Å². The van der Waals surface area contributed by atoms with Gasteiger partial charge in [-0.1, -0.05) is 6.07 Å². The van der Waals surface area contributed by atoms with Crippen molar-refractivity contribution in [3.63, 3.8) is 0 Å². The third kappa shape index (κ3) is 3.72. The number of hydrogen-bond acceptors (Lipinski definition) is 4. The van der Waals surface area contributed by atoms with E-state index in [0.717, 1.165) is 17.1 Å². The Kier molecular flexibility index (Phi) is 4.42. The van der Waals surface area contributed by atoms with E-state index in [1.165, 1.54) is 0 Å². The number of nitrogens with two attached hydrogens (primary N) is 1. The molecule has 0 saturated heterocycles. The zero-order valence-electron chi connectivity index (χ0n) is 12.6. The number of nitrogen functional groups attached to an aromatic ring is 1. The first-order valence-corrected chi connectivity index (χ1v) is 6.75. The summed E-state index contributed by atoms with van der Waals surface area (Å²) in [6.07, 6.45) is 0. The minimum absolute atomic E-state index is 0.157. The Labute approximate surface area is 124 Å². The number of carbonyl (C=O) groups is 1. The fourth-order valence-electron chi connectivity index (χ4n) is 2.07. The molecule has 0 fully saturated rings. The van der Waals surface area contributed by atoms with Gasteiger partial charge in [-0.05, 0) is 37.3 Å². The molecule has 5 nitrogen and oxygen atoms in total. The molecule has 0 spiro atoms. The van der Waals surface area contributed by atoms with Crippen LogP contribution in [0.25, 0.3) is 0 Å². The number of carbonyl (C=O) groups excluding carboxylic acids is 1. The van der Waals surface area contributed by atoms with Gasteiger partial charge in [0.15, 0.2) is 0 Å². The topological polar surface area (TPSA) is 71.2 Å². The average molecular weight is 284 g/mol. The molecule has 0 bridgehead atoms. The van der Waals surface area contributed by atoms with Crippen LogP contribution in [-0.2, 0) is 6.54 Å². The summed E-state index contributed by atoms with van der Waals surface area (Å²) >= 11 is 0. The Bertz CT molecular complexity index is 652. The maximum Gasteiger partial charge on any atom is 0.251 e. The van der Waals surface area contributed by atoms with E-state index < -0.39 is 0 Å². The number of nitrogens with zero attached hydrogens (tertiary/aromatic N) is 2. The summed E-state index contributed by atoms with van der Waals surface area (Å²) in [6, 6.07) is 11.0. The number of anilines is 2. The number of rotatable bonds is 4. The molecule has 0 aliphatic heterocycles. The average Bonchev–Trinajstić information content (AvgIpc) is 2.44. The summed E-state index contributed by atoms with van der Waals surface area (Å²) in [4.78, 5) is 18.4. The molecule has 0 aliphatic rings. The molecule has 3 N–H and O–H groups in total. The standard InChI is InChI=1S/C16H20N4O/c1-11-5-4-6-13(19-11)10-18-16(21)12-7-8-15(20(2)3)14(17)9-12/h4-9H,10,17H2,1-3H3,(H,18,21). The number of aryl methyl sites for hydroxylation is 1. The SMILES string of the molecule is Cc1cccc(CNC(=O)c2ccc(N(C)C)c(N)c2)n1. The van der Waals surface area contributed by atoms with Gasteiger partial charge in [-0.3, -0.25) is 9.78 Å². The van der Waals surface area contributed by atoms with Gasteiger partial charge in [0.25, 0.3) is 5.91 Å². The number of amides is 1. The van der Waals surface area contributed by atoms with Gasteiger partial charge < -0.3 is 16.0 Å². The second kappa shape index (κ2) is 6.26. The van der Waals surface area contributed by atoms with Crippen LogP contribution in [0.1, 0.15) is 21.7 Å². The van der Waals surface area contributed by atoms with Crippen LogP contribution in [0.4, 0.5) is 11.4 Å². The number of aromatic nitrogens is 1. The zero-order valence-corrected chi connectivity index (χ0v) is 12.6. The Balaban J connectivity index is 2.05. The second-order valence-electron chi connectivity index (χ2n) is 5.12. The van der Waals surface area contributed by atoms with Gasteiger partial charge in [0, 0.05) is 25.4 Å². The summed E-state index contributed by atoms with van der Waals surface area (Å²) in [6.45, 7) is 2.32. The quantitative estimate of drug-likeness (QED) is 0.842. The molecule has 5 heteroatoms. The van der Waals surface area contributed by atoms with E-state index in [-0.39, 0.29) is 5.91 Å². The van der Waals surface area contributed by atoms with Crippen molar-refractivity contribution >= 4 is 17.3 Å². The smallest absolute Gasteiger partial charge is 0.251 e. The van der Waals surface area contributed by atoms with Crippen molar-refractivity contribution in [2.75, 3.05) is 24.7 Å². The summed E-state index contributed by atoms with van der Waals surface area (Å²) in [5.74, 6) is -0.157. The third-order valence-corrected chi connectivity index (χ3v) is 3.15. The molecule has 1 aromatic heterocycles.